The van der Waals surface area contributed by atoms with Crippen LogP contribution in [0.4, 0.5) is 11.4 Å². The van der Waals surface area contributed by atoms with Crippen molar-refractivity contribution in [2.75, 3.05) is 22.3 Å². The fourth-order valence-electron chi connectivity index (χ4n) is 2.22. The predicted octanol–water partition coefficient (Wildman–Crippen LogP) is 0.733. The Morgan fingerprint density at radius 2 is 2.00 bits per heavy atom. The monoisotopic (exact) mass is 303 g/mol. The van der Waals surface area contributed by atoms with Gasteiger partial charge < -0.3 is 5.32 Å². The van der Waals surface area contributed by atoms with E-state index in [0.29, 0.717) is 0 Å². The van der Waals surface area contributed by atoms with Crippen LogP contribution >= 0.6 is 11.6 Å². The lowest BCUT2D eigenvalue weighted by molar-refractivity contribution is 0.0802. The lowest BCUT2D eigenvalue weighted by Crippen LogP contribution is -2.50. The van der Waals surface area contributed by atoms with Crippen LogP contribution in [-0.4, -0.2) is 37.7 Å². The van der Waals surface area contributed by atoms with Crippen molar-refractivity contribution in [2.24, 2.45) is 0 Å². The zero-order valence-electron chi connectivity index (χ0n) is 9.97. The number of anilines is 2. The third-order valence-corrected chi connectivity index (χ3v) is 5.52. The van der Waals surface area contributed by atoms with Gasteiger partial charge in [0, 0.05) is 6.04 Å². The van der Waals surface area contributed by atoms with Gasteiger partial charge in [-0.25, -0.2) is 13.3 Å². The first kappa shape index (κ1) is 13.0. The van der Waals surface area contributed by atoms with E-state index in [1.54, 1.807) is 0 Å². The summed E-state index contributed by atoms with van der Waals surface area (Å²) in [6.45, 7) is 0. The van der Waals surface area contributed by atoms with Crippen molar-refractivity contribution in [3.05, 3.63) is 24.3 Å². The van der Waals surface area contributed by atoms with Crippen LogP contribution < -0.4 is 16.1 Å². The molecule has 1 saturated heterocycles. The lowest BCUT2D eigenvalue weighted by Gasteiger charge is -2.30. The maximum absolute atomic E-state index is 11.5. The molecule has 8 heteroatoms. The van der Waals surface area contributed by atoms with Gasteiger partial charge in [0.25, 0.3) is 0 Å². The molecule has 6 nitrogen and oxygen atoms in total. The fraction of sp³-hybridized carbons (Fsp3) is 0.455. The molecule has 2 heterocycles. The molecule has 2 aliphatic heterocycles. The second kappa shape index (κ2) is 4.82. The largest absolute Gasteiger partial charge is 0.344 e. The third-order valence-electron chi connectivity index (χ3n) is 3.15. The van der Waals surface area contributed by atoms with E-state index in [-0.39, 0.29) is 17.5 Å². The van der Waals surface area contributed by atoms with Crippen LogP contribution in [0.5, 0.6) is 0 Å². The zero-order chi connectivity index (χ0) is 13.5. The smallest absolute Gasteiger partial charge is 0.209 e. The minimum atomic E-state index is -3.05. The molecule has 3 N–H and O–H groups in total. The van der Waals surface area contributed by atoms with Crippen LogP contribution in [0, 0.1) is 0 Å². The van der Waals surface area contributed by atoms with Gasteiger partial charge >= 0.3 is 0 Å². The number of sulfone groups is 1. The van der Waals surface area contributed by atoms with Gasteiger partial charge in [0.1, 0.15) is 0 Å². The maximum Gasteiger partial charge on any atom is 0.209 e. The third kappa shape index (κ3) is 2.79. The number of hydrogen-bond acceptors (Lipinski definition) is 6. The van der Waals surface area contributed by atoms with Gasteiger partial charge in [-0.3, -0.25) is 10.8 Å². The highest BCUT2D eigenvalue weighted by Gasteiger charge is 2.38. The van der Waals surface area contributed by atoms with Crippen LogP contribution in [-0.2, 0) is 14.7 Å². The molecule has 1 aromatic rings. The second-order valence-corrected chi connectivity index (χ2v) is 7.37. The summed E-state index contributed by atoms with van der Waals surface area (Å²) >= 11 is 6.04. The summed E-state index contributed by atoms with van der Waals surface area (Å²) in [4.78, 5) is 5.36. The number of fused-ring (bicyclic) bond motifs is 1. The number of nitrogens with one attached hydrogen (secondary N) is 3. The van der Waals surface area contributed by atoms with Crippen molar-refractivity contribution in [3.63, 3.8) is 0 Å². The molecule has 104 valence electrons. The first-order valence-corrected chi connectivity index (χ1v) is 8.17. The van der Waals surface area contributed by atoms with Crippen molar-refractivity contribution in [1.82, 2.24) is 5.32 Å². The summed E-state index contributed by atoms with van der Waals surface area (Å²) in [6.07, 6.45) is -0.519. The summed E-state index contributed by atoms with van der Waals surface area (Å²) in [7, 11) is -3.05. The van der Waals surface area contributed by atoms with E-state index in [9.17, 15) is 8.42 Å². The minimum absolute atomic E-state index is 0.00293. The van der Waals surface area contributed by atoms with Crippen LogP contribution in [0.25, 0.3) is 0 Å². The Balaban J connectivity index is 1.67. The average molecular weight is 304 g/mol. The molecule has 2 aliphatic rings. The van der Waals surface area contributed by atoms with Gasteiger partial charge in [-0.15, -0.1) is 11.6 Å². The van der Waals surface area contributed by atoms with Gasteiger partial charge in [-0.2, -0.15) is 0 Å². The van der Waals surface area contributed by atoms with Crippen molar-refractivity contribution in [3.8, 4) is 0 Å². The summed E-state index contributed by atoms with van der Waals surface area (Å²) in [6, 6.07) is 7.26. The molecule has 0 spiro atoms. The highest BCUT2D eigenvalue weighted by atomic mass is 35.5. The Morgan fingerprint density at radius 3 is 2.68 bits per heavy atom. The number of alkyl halides is 1. The molecule has 0 radical (unpaired) electrons. The molecule has 0 aliphatic carbocycles. The second-order valence-electron chi connectivity index (χ2n) is 4.66. The standard InChI is InChI=1S/C11H14ClN3O3S/c12-7-5-19(16,17)6-10(7)14-11-13-8-3-1-2-4-9(8)15-18-11/h1-4,7,10-11,13-15H,5-6H2/t7-,10-,11-/m0/s1. The summed E-state index contributed by atoms with van der Waals surface area (Å²) in [5.74, 6) is 0.0350. The van der Waals surface area contributed by atoms with Gasteiger partial charge in [0.2, 0.25) is 6.35 Å². The van der Waals surface area contributed by atoms with Crippen molar-refractivity contribution >= 4 is 32.8 Å². The number of benzene rings is 1. The molecular formula is C11H14ClN3O3S. The highest BCUT2D eigenvalue weighted by molar-refractivity contribution is 7.91. The van der Waals surface area contributed by atoms with Gasteiger partial charge in [-0.05, 0) is 12.1 Å². The molecular weight excluding hydrogens is 290 g/mol. The van der Waals surface area contributed by atoms with Crippen molar-refractivity contribution in [2.45, 2.75) is 17.8 Å². The molecule has 0 unspecified atom stereocenters. The molecule has 0 aromatic heterocycles. The van der Waals surface area contributed by atoms with E-state index < -0.39 is 21.6 Å². The zero-order valence-corrected chi connectivity index (χ0v) is 11.5. The van der Waals surface area contributed by atoms with Crippen molar-refractivity contribution < 1.29 is 13.3 Å². The van der Waals surface area contributed by atoms with E-state index in [4.69, 9.17) is 16.4 Å². The molecule has 0 bridgehead atoms. The van der Waals surface area contributed by atoms with E-state index in [1.165, 1.54) is 0 Å². The Hall–Kier alpha value is -1.02. The number of rotatable bonds is 2. The first-order valence-electron chi connectivity index (χ1n) is 5.91. The van der Waals surface area contributed by atoms with E-state index in [2.05, 4.69) is 16.1 Å². The summed E-state index contributed by atoms with van der Waals surface area (Å²) < 4.78 is 23.0. The topological polar surface area (TPSA) is 79.5 Å². The Morgan fingerprint density at radius 1 is 1.26 bits per heavy atom. The first-order chi connectivity index (χ1) is 9.03. The number of hydrogen-bond donors (Lipinski definition) is 3. The lowest BCUT2D eigenvalue weighted by atomic mass is 10.2. The van der Waals surface area contributed by atoms with Crippen LogP contribution in [0.1, 0.15) is 0 Å². The molecule has 0 saturated carbocycles. The fourth-order valence-corrected chi connectivity index (χ4v) is 4.79. The number of para-hydroxylation sites is 2. The van der Waals surface area contributed by atoms with Gasteiger partial charge in [0.05, 0.1) is 28.3 Å². The van der Waals surface area contributed by atoms with Crippen LogP contribution in [0.2, 0.25) is 0 Å². The van der Waals surface area contributed by atoms with E-state index >= 15 is 0 Å². The number of halogens is 1. The van der Waals surface area contributed by atoms with Crippen molar-refractivity contribution in [1.29, 1.82) is 0 Å². The molecule has 1 fully saturated rings. The Labute approximate surface area is 116 Å². The quantitative estimate of drug-likeness (QED) is 0.699. The molecule has 1 aromatic carbocycles. The van der Waals surface area contributed by atoms with Gasteiger partial charge in [0.15, 0.2) is 9.84 Å². The van der Waals surface area contributed by atoms with Gasteiger partial charge in [-0.1, -0.05) is 12.1 Å². The Kier molecular flexibility index (Phi) is 3.30. The minimum Gasteiger partial charge on any atom is -0.344 e. The predicted molar refractivity (Wildman–Crippen MR) is 73.8 cm³/mol. The normalized spacial score (nSPS) is 32.2. The van der Waals surface area contributed by atoms with Crippen LogP contribution in [0.3, 0.4) is 0 Å². The van der Waals surface area contributed by atoms with Crippen LogP contribution in [0.15, 0.2) is 24.3 Å². The molecule has 3 rings (SSSR count). The molecule has 19 heavy (non-hydrogen) atoms. The summed E-state index contributed by atoms with van der Waals surface area (Å²) in [5.41, 5.74) is 4.53. The van der Waals surface area contributed by atoms with E-state index in [1.807, 2.05) is 24.3 Å². The molecule has 0 amide bonds. The average Bonchev–Trinajstić information content (AvgIpc) is 2.62. The van der Waals surface area contributed by atoms with E-state index in [0.717, 1.165) is 11.4 Å². The maximum atomic E-state index is 11.5. The Bertz CT molecular complexity index is 580. The summed E-state index contributed by atoms with van der Waals surface area (Å²) in [5, 5.41) is 5.74. The SMILES string of the molecule is O=S1(=O)C[C@H](N[C@@H]2Nc3ccccc3NO2)[C@@H](Cl)C1. The molecule has 3 atom stereocenters. The highest BCUT2D eigenvalue weighted by Crippen LogP contribution is 2.26.